The molecule has 0 radical (unpaired) electrons. The summed E-state index contributed by atoms with van der Waals surface area (Å²) in [4.78, 5) is 27.9. The van der Waals surface area contributed by atoms with Crippen molar-refractivity contribution < 1.29 is 38.4 Å². The van der Waals surface area contributed by atoms with Crippen LogP contribution in [0.4, 0.5) is 0 Å². The summed E-state index contributed by atoms with van der Waals surface area (Å²) >= 11 is 0. The van der Waals surface area contributed by atoms with Gasteiger partial charge in [0.1, 0.15) is 25.6 Å². The highest BCUT2D eigenvalue weighted by Crippen LogP contribution is 2.43. The van der Waals surface area contributed by atoms with Crippen LogP contribution in [0.25, 0.3) is 5.76 Å². The lowest BCUT2D eigenvalue weighted by Gasteiger charge is -2.26. The smallest absolute Gasteiger partial charge is 0.295 e. The summed E-state index contributed by atoms with van der Waals surface area (Å²) in [5, 5.41) is 11.4. The molecule has 4 rings (SSSR count). The van der Waals surface area contributed by atoms with E-state index < -0.39 is 17.7 Å². The van der Waals surface area contributed by atoms with Gasteiger partial charge < -0.3 is 33.7 Å². The van der Waals surface area contributed by atoms with Crippen LogP contribution in [0.2, 0.25) is 0 Å². The van der Waals surface area contributed by atoms with E-state index in [0.29, 0.717) is 73.6 Å². The number of Topliss-reactive ketones (excluding diaryl/α,β-unsaturated/α-hetero) is 1. The number of hydrogen-bond donors (Lipinski definition) is 1. The number of ketones is 1. The van der Waals surface area contributed by atoms with Crippen LogP contribution in [0.15, 0.2) is 54.6 Å². The molecule has 1 fully saturated rings. The molecule has 2 aromatic rings. The molecule has 1 N–H and O–H groups in total. The minimum atomic E-state index is -0.835. The summed E-state index contributed by atoms with van der Waals surface area (Å²) < 4.78 is 27.8. The zero-order valence-corrected chi connectivity index (χ0v) is 21.0. The van der Waals surface area contributed by atoms with Crippen LogP contribution in [0.1, 0.15) is 30.5 Å². The molecule has 1 amide bonds. The molecule has 2 aromatic carbocycles. The normalized spacial score (nSPS) is 18.1. The maximum Gasteiger partial charge on any atom is 0.295 e. The predicted octanol–water partition coefficient (Wildman–Crippen LogP) is 3.88. The molecule has 1 saturated heterocycles. The zero-order valence-electron chi connectivity index (χ0n) is 21.0. The molecule has 9 nitrogen and oxygen atoms in total. The van der Waals surface area contributed by atoms with E-state index in [1.54, 1.807) is 49.6 Å². The second kappa shape index (κ2) is 11.8. The summed E-state index contributed by atoms with van der Waals surface area (Å²) in [5.74, 6) is 0.237. The fourth-order valence-corrected chi connectivity index (χ4v) is 4.41. The molecule has 2 aliphatic heterocycles. The number of ether oxygens (including phenoxy) is 5. The average molecular weight is 510 g/mol. The molecule has 0 spiro atoms. The fraction of sp³-hybridized carbons (Fsp3) is 0.357. The molecule has 1 atom stereocenters. The summed E-state index contributed by atoms with van der Waals surface area (Å²) in [7, 11) is 1.57. The number of amides is 1. The van der Waals surface area contributed by atoms with Gasteiger partial charge in [-0.3, -0.25) is 9.59 Å². The molecule has 37 heavy (non-hydrogen) atoms. The molecule has 196 valence electrons. The van der Waals surface area contributed by atoms with Crippen molar-refractivity contribution in [3.63, 3.8) is 0 Å². The lowest BCUT2D eigenvalue weighted by atomic mass is 9.94. The van der Waals surface area contributed by atoms with Crippen molar-refractivity contribution in [3.8, 4) is 23.0 Å². The van der Waals surface area contributed by atoms with E-state index in [0.717, 1.165) is 0 Å². The van der Waals surface area contributed by atoms with Crippen LogP contribution in [0.3, 0.4) is 0 Å². The fourth-order valence-electron chi connectivity index (χ4n) is 4.41. The van der Waals surface area contributed by atoms with Gasteiger partial charge in [-0.1, -0.05) is 18.7 Å². The molecule has 0 aromatic heterocycles. The molecule has 0 unspecified atom stereocenters. The summed E-state index contributed by atoms with van der Waals surface area (Å²) in [6.45, 7) is 7.68. The number of aliphatic hydroxyl groups is 1. The first-order valence-electron chi connectivity index (χ1n) is 12.2. The molecular formula is C28H31NO8. The molecule has 9 heteroatoms. The highest BCUT2D eigenvalue weighted by Gasteiger charge is 2.46. The Balaban J connectivity index is 1.82. The van der Waals surface area contributed by atoms with E-state index in [9.17, 15) is 14.7 Å². The van der Waals surface area contributed by atoms with E-state index >= 15 is 0 Å². The van der Waals surface area contributed by atoms with Gasteiger partial charge in [0.25, 0.3) is 11.7 Å². The lowest BCUT2D eigenvalue weighted by molar-refractivity contribution is -0.140. The quantitative estimate of drug-likeness (QED) is 0.160. The van der Waals surface area contributed by atoms with Gasteiger partial charge in [-0.15, -0.1) is 0 Å². The molecular weight excluding hydrogens is 478 g/mol. The van der Waals surface area contributed by atoms with Crippen LogP contribution < -0.4 is 18.9 Å². The number of fused-ring (bicyclic) bond motifs is 1. The topological polar surface area (TPSA) is 104 Å². The first-order chi connectivity index (χ1) is 18.0. The van der Waals surface area contributed by atoms with E-state index in [4.69, 9.17) is 23.7 Å². The van der Waals surface area contributed by atoms with Crippen LogP contribution in [0.5, 0.6) is 23.0 Å². The third kappa shape index (κ3) is 5.41. The predicted molar refractivity (Wildman–Crippen MR) is 136 cm³/mol. The third-order valence-electron chi connectivity index (χ3n) is 6.04. The Morgan fingerprint density at radius 2 is 1.89 bits per heavy atom. The number of methoxy groups -OCH3 is 1. The number of hydrogen-bond acceptors (Lipinski definition) is 8. The van der Waals surface area contributed by atoms with Crippen molar-refractivity contribution in [2.24, 2.45) is 0 Å². The van der Waals surface area contributed by atoms with E-state index in [1.807, 2.05) is 6.92 Å². The average Bonchev–Trinajstić information content (AvgIpc) is 3.17. The number of nitrogens with zero attached hydrogens (tertiary/aromatic N) is 1. The van der Waals surface area contributed by atoms with Crippen molar-refractivity contribution in [2.75, 3.05) is 46.7 Å². The number of likely N-dealkylation sites (tertiary alicyclic amines) is 1. The van der Waals surface area contributed by atoms with Gasteiger partial charge >= 0.3 is 0 Å². The first-order valence-corrected chi connectivity index (χ1v) is 12.2. The Morgan fingerprint density at radius 1 is 1.11 bits per heavy atom. The summed E-state index contributed by atoms with van der Waals surface area (Å²) in [6, 6.07) is 9.30. The number of carbonyl (C=O) groups excluding carboxylic acids is 2. The number of rotatable bonds is 11. The Kier molecular flexibility index (Phi) is 8.35. The number of carbonyl (C=O) groups is 2. The second-order valence-electron chi connectivity index (χ2n) is 8.44. The maximum absolute atomic E-state index is 13.3. The third-order valence-corrected chi connectivity index (χ3v) is 6.04. The van der Waals surface area contributed by atoms with Crippen LogP contribution in [-0.2, 0) is 14.3 Å². The Hall–Kier alpha value is -3.98. The summed E-state index contributed by atoms with van der Waals surface area (Å²) in [5.41, 5.74) is 0.937. The van der Waals surface area contributed by atoms with Gasteiger partial charge in [0.15, 0.2) is 23.0 Å². The van der Waals surface area contributed by atoms with Crippen molar-refractivity contribution >= 4 is 17.4 Å². The zero-order chi connectivity index (χ0) is 26.4. The van der Waals surface area contributed by atoms with Gasteiger partial charge in [0.2, 0.25) is 0 Å². The summed E-state index contributed by atoms with van der Waals surface area (Å²) in [6.07, 6.45) is 2.14. The van der Waals surface area contributed by atoms with Crippen LogP contribution >= 0.6 is 0 Å². The van der Waals surface area contributed by atoms with Crippen molar-refractivity contribution in [1.82, 2.24) is 4.90 Å². The largest absolute Gasteiger partial charge is 0.507 e. The van der Waals surface area contributed by atoms with E-state index in [2.05, 4.69) is 6.58 Å². The number of aliphatic hydroxyl groups excluding tert-OH is 1. The van der Waals surface area contributed by atoms with Gasteiger partial charge in [0, 0.05) is 25.8 Å². The van der Waals surface area contributed by atoms with Crippen molar-refractivity contribution in [1.29, 1.82) is 0 Å². The van der Waals surface area contributed by atoms with Gasteiger partial charge in [-0.25, -0.2) is 0 Å². The molecule has 0 aliphatic carbocycles. The number of benzene rings is 2. The van der Waals surface area contributed by atoms with Crippen LogP contribution in [-0.4, -0.2) is 68.4 Å². The van der Waals surface area contributed by atoms with Gasteiger partial charge in [0.05, 0.1) is 18.2 Å². The molecule has 0 saturated carbocycles. The van der Waals surface area contributed by atoms with Crippen molar-refractivity contribution in [3.05, 3.63) is 65.8 Å². The minimum Gasteiger partial charge on any atom is -0.507 e. The SMILES string of the molecule is C=CCOc1ccc([C@@H]2/C(=C(\O)c3ccc4c(c3)OCCO4)C(=O)C(=O)N2CCCOC)cc1OCC. The van der Waals surface area contributed by atoms with Gasteiger partial charge in [-0.05, 0) is 49.2 Å². The molecule has 2 aliphatic rings. The Labute approximate surface area is 215 Å². The van der Waals surface area contributed by atoms with E-state index in [-0.39, 0.29) is 17.9 Å². The highest BCUT2D eigenvalue weighted by molar-refractivity contribution is 6.46. The monoisotopic (exact) mass is 509 g/mol. The second-order valence-corrected chi connectivity index (χ2v) is 8.44. The first kappa shape index (κ1) is 26.1. The highest BCUT2D eigenvalue weighted by atomic mass is 16.6. The minimum absolute atomic E-state index is 0.0127. The standard InChI is InChI=1S/C28H31NO8/c1-4-12-35-20-9-7-18(16-22(20)34-5-2)25-24(27(31)28(32)29(25)11-6-13-33-3)26(30)19-8-10-21-23(17-19)37-15-14-36-21/h4,7-10,16-17,25,30H,1,5-6,11-15H2,2-3H3/b26-24+/t25-/m1/s1. The lowest BCUT2D eigenvalue weighted by Crippen LogP contribution is -2.31. The van der Waals surface area contributed by atoms with E-state index in [1.165, 1.54) is 4.90 Å². The van der Waals surface area contributed by atoms with Crippen LogP contribution in [0, 0.1) is 0 Å². The molecule has 0 bridgehead atoms. The Morgan fingerprint density at radius 3 is 2.62 bits per heavy atom. The Bertz CT molecular complexity index is 1200. The maximum atomic E-state index is 13.3. The van der Waals surface area contributed by atoms with Crippen molar-refractivity contribution in [2.45, 2.75) is 19.4 Å². The van der Waals surface area contributed by atoms with Gasteiger partial charge in [-0.2, -0.15) is 0 Å². The molecule has 2 heterocycles.